The van der Waals surface area contributed by atoms with Gasteiger partial charge in [-0.05, 0) is 17.0 Å². The summed E-state index contributed by atoms with van der Waals surface area (Å²) in [5.74, 6) is -0.314. The number of hydrogen-bond acceptors (Lipinski definition) is 4. The Balaban J connectivity index is 1.81. The second-order valence-electron chi connectivity index (χ2n) is 5.16. The van der Waals surface area contributed by atoms with E-state index in [0.29, 0.717) is 0 Å². The van der Waals surface area contributed by atoms with E-state index in [4.69, 9.17) is 0 Å². The van der Waals surface area contributed by atoms with Crippen molar-refractivity contribution in [1.29, 1.82) is 0 Å². The molecule has 0 bridgehead atoms. The number of amides is 1. The summed E-state index contributed by atoms with van der Waals surface area (Å²) in [5.41, 5.74) is -0.135. The Labute approximate surface area is 141 Å². The first kappa shape index (κ1) is 15.9. The van der Waals surface area contributed by atoms with Crippen LogP contribution in [0.1, 0.15) is 16.5 Å². The minimum Gasteiger partial charge on any atom is -0.343 e. The van der Waals surface area contributed by atoms with Gasteiger partial charge in [0, 0.05) is 17.1 Å². The van der Waals surface area contributed by atoms with Gasteiger partial charge in [0.05, 0.1) is 6.04 Å². The molecular weight excluding hydrogens is 326 g/mol. The van der Waals surface area contributed by atoms with Crippen LogP contribution in [-0.2, 0) is 11.3 Å². The molecule has 7 heteroatoms. The summed E-state index contributed by atoms with van der Waals surface area (Å²) in [5, 5.41) is 4.89. The van der Waals surface area contributed by atoms with Crippen LogP contribution in [0.2, 0.25) is 0 Å². The molecule has 1 atom stereocenters. The number of rotatable bonds is 5. The maximum atomic E-state index is 12.4. The molecule has 2 N–H and O–H groups in total. The molecule has 0 saturated carbocycles. The van der Waals surface area contributed by atoms with E-state index in [0.717, 1.165) is 15.0 Å². The molecule has 0 aliphatic carbocycles. The molecule has 1 aromatic carbocycles. The maximum absolute atomic E-state index is 12.4. The number of nitrogens with zero attached hydrogens (tertiary/aromatic N) is 1. The zero-order chi connectivity index (χ0) is 16.9. The van der Waals surface area contributed by atoms with Gasteiger partial charge in [-0.1, -0.05) is 36.4 Å². The van der Waals surface area contributed by atoms with Crippen LogP contribution in [0.5, 0.6) is 0 Å². The van der Waals surface area contributed by atoms with E-state index in [1.165, 1.54) is 12.3 Å². The molecule has 122 valence electrons. The fourth-order valence-electron chi connectivity index (χ4n) is 2.35. The molecule has 3 aromatic rings. The molecule has 1 amide bonds. The molecule has 0 unspecified atom stereocenters. The van der Waals surface area contributed by atoms with Crippen LogP contribution < -0.4 is 16.6 Å². The lowest BCUT2D eigenvalue weighted by Crippen LogP contribution is -2.37. The highest BCUT2D eigenvalue weighted by molar-refractivity contribution is 7.10. The summed E-state index contributed by atoms with van der Waals surface area (Å²) in [6.45, 7) is -0.162. The highest BCUT2D eigenvalue weighted by Crippen LogP contribution is 2.25. The lowest BCUT2D eigenvalue weighted by Gasteiger charge is -2.18. The smallest absolute Gasteiger partial charge is 0.328 e. The monoisotopic (exact) mass is 341 g/mol. The van der Waals surface area contributed by atoms with E-state index in [1.54, 1.807) is 11.3 Å². The molecule has 0 aliphatic rings. The van der Waals surface area contributed by atoms with Gasteiger partial charge in [-0.3, -0.25) is 19.1 Å². The number of aromatic amines is 1. The van der Waals surface area contributed by atoms with Gasteiger partial charge in [0.25, 0.3) is 5.56 Å². The Hall–Kier alpha value is -2.93. The summed E-state index contributed by atoms with van der Waals surface area (Å²) in [6, 6.07) is 14.4. The molecule has 0 spiro atoms. The largest absolute Gasteiger partial charge is 0.343 e. The lowest BCUT2D eigenvalue weighted by molar-refractivity contribution is -0.122. The van der Waals surface area contributed by atoms with Crippen molar-refractivity contribution in [3.8, 4) is 0 Å². The topological polar surface area (TPSA) is 84.0 Å². The molecule has 0 aliphatic heterocycles. The Kier molecular flexibility index (Phi) is 4.72. The molecule has 0 fully saturated rings. The van der Waals surface area contributed by atoms with E-state index in [2.05, 4.69) is 10.3 Å². The third-order valence-electron chi connectivity index (χ3n) is 3.48. The van der Waals surface area contributed by atoms with Crippen molar-refractivity contribution in [2.24, 2.45) is 0 Å². The van der Waals surface area contributed by atoms with Crippen LogP contribution in [0.15, 0.2) is 69.7 Å². The van der Waals surface area contributed by atoms with Crippen LogP contribution in [0, 0.1) is 0 Å². The van der Waals surface area contributed by atoms with Gasteiger partial charge >= 0.3 is 5.69 Å². The Morgan fingerprint density at radius 1 is 1.12 bits per heavy atom. The number of H-pyrrole nitrogens is 1. The summed E-state index contributed by atoms with van der Waals surface area (Å²) in [7, 11) is 0. The second-order valence-corrected chi connectivity index (χ2v) is 6.14. The summed E-state index contributed by atoms with van der Waals surface area (Å²) in [6.07, 6.45) is 1.31. The number of carbonyl (C=O) groups excluding carboxylic acids is 1. The predicted octanol–water partition coefficient (Wildman–Crippen LogP) is 1.50. The van der Waals surface area contributed by atoms with E-state index in [9.17, 15) is 14.4 Å². The van der Waals surface area contributed by atoms with Crippen molar-refractivity contribution in [3.05, 3.63) is 91.4 Å². The first-order valence-electron chi connectivity index (χ1n) is 7.31. The lowest BCUT2D eigenvalue weighted by atomic mass is 10.1. The minimum atomic E-state index is -0.606. The van der Waals surface area contributed by atoms with Gasteiger partial charge in [-0.15, -0.1) is 11.3 Å². The Bertz CT molecular complexity index is 929. The molecule has 0 radical (unpaired) electrons. The first-order chi connectivity index (χ1) is 11.6. The zero-order valence-electron chi connectivity index (χ0n) is 12.6. The number of nitrogens with one attached hydrogen (secondary N) is 2. The molecule has 2 aromatic heterocycles. The van der Waals surface area contributed by atoms with E-state index in [1.807, 2.05) is 47.8 Å². The van der Waals surface area contributed by atoms with E-state index >= 15 is 0 Å². The number of aromatic nitrogens is 2. The van der Waals surface area contributed by atoms with Gasteiger partial charge in [-0.2, -0.15) is 0 Å². The van der Waals surface area contributed by atoms with Crippen LogP contribution in [0.3, 0.4) is 0 Å². The number of benzene rings is 1. The molecule has 24 heavy (non-hydrogen) atoms. The molecule has 6 nitrogen and oxygen atoms in total. The van der Waals surface area contributed by atoms with Crippen molar-refractivity contribution in [1.82, 2.24) is 14.9 Å². The normalized spacial score (nSPS) is 11.8. The summed E-state index contributed by atoms with van der Waals surface area (Å²) >= 11 is 1.55. The van der Waals surface area contributed by atoms with E-state index in [-0.39, 0.29) is 18.5 Å². The fraction of sp³-hybridized carbons (Fsp3) is 0.118. The predicted molar refractivity (Wildman–Crippen MR) is 92.1 cm³/mol. The molecule has 2 heterocycles. The first-order valence-corrected chi connectivity index (χ1v) is 8.19. The van der Waals surface area contributed by atoms with Crippen molar-refractivity contribution in [2.45, 2.75) is 12.6 Å². The SMILES string of the molecule is O=C(Cn1ccc(=O)[nH]c1=O)N[C@H](c1ccccc1)c1cccs1. The van der Waals surface area contributed by atoms with Crippen LogP contribution in [0.25, 0.3) is 0 Å². The van der Waals surface area contributed by atoms with Crippen molar-refractivity contribution >= 4 is 17.2 Å². The van der Waals surface area contributed by atoms with Gasteiger partial charge in [0.1, 0.15) is 6.54 Å². The summed E-state index contributed by atoms with van der Waals surface area (Å²) in [4.78, 5) is 38.3. The van der Waals surface area contributed by atoms with Crippen molar-refractivity contribution in [2.75, 3.05) is 0 Å². The summed E-state index contributed by atoms with van der Waals surface area (Å²) < 4.78 is 1.16. The van der Waals surface area contributed by atoms with Crippen molar-refractivity contribution in [3.63, 3.8) is 0 Å². The molecule has 3 rings (SSSR count). The standard InChI is InChI=1S/C17H15N3O3S/c21-14-8-9-20(17(23)19-14)11-15(22)18-16(13-7-4-10-24-13)12-5-2-1-3-6-12/h1-10,16H,11H2,(H,18,22)(H,19,21,23)/t16-/m1/s1. The van der Waals surface area contributed by atoms with Gasteiger partial charge in [0.2, 0.25) is 5.91 Å². The van der Waals surface area contributed by atoms with Gasteiger partial charge < -0.3 is 5.32 Å². The van der Waals surface area contributed by atoms with Gasteiger partial charge in [0.15, 0.2) is 0 Å². The minimum absolute atomic E-state index is 0.162. The molecular formula is C17H15N3O3S. The number of thiophene rings is 1. The van der Waals surface area contributed by atoms with Gasteiger partial charge in [-0.25, -0.2) is 4.79 Å². The zero-order valence-corrected chi connectivity index (χ0v) is 13.5. The third kappa shape index (κ3) is 3.69. The Morgan fingerprint density at radius 2 is 1.92 bits per heavy atom. The molecule has 0 saturated heterocycles. The average molecular weight is 341 g/mol. The number of carbonyl (C=O) groups is 1. The number of hydrogen-bond donors (Lipinski definition) is 2. The fourth-order valence-corrected chi connectivity index (χ4v) is 3.15. The van der Waals surface area contributed by atoms with Crippen LogP contribution in [-0.4, -0.2) is 15.5 Å². The highest BCUT2D eigenvalue weighted by atomic mass is 32.1. The Morgan fingerprint density at radius 3 is 2.58 bits per heavy atom. The maximum Gasteiger partial charge on any atom is 0.328 e. The van der Waals surface area contributed by atoms with E-state index < -0.39 is 11.2 Å². The van der Waals surface area contributed by atoms with Crippen LogP contribution >= 0.6 is 11.3 Å². The highest BCUT2D eigenvalue weighted by Gasteiger charge is 2.18. The van der Waals surface area contributed by atoms with Crippen LogP contribution in [0.4, 0.5) is 0 Å². The van der Waals surface area contributed by atoms with Crippen molar-refractivity contribution < 1.29 is 4.79 Å². The second kappa shape index (κ2) is 7.10. The third-order valence-corrected chi connectivity index (χ3v) is 4.41. The average Bonchev–Trinajstić information content (AvgIpc) is 3.10. The quantitative estimate of drug-likeness (QED) is 0.738.